The van der Waals surface area contributed by atoms with Crippen molar-refractivity contribution in [1.29, 1.82) is 0 Å². The maximum absolute atomic E-state index is 15.6. The highest BCUT2D eigenvalue weighted by molar-refractivity contribution is 7.86. The first-order valence-electron chi connectivity index (χ1n) is 29.3. The largest absolute Gasteiger partial charge is 0.455 e. The van der Waals surface area contributed by atoms with Crippen molar-refractivity contribution >= 4 is 93.8 Å². The summed E-state index contributed by atoms with van der Waals surface area (Å²) in [5, 5.41) is 24.0. The van der Waals surface area contributed by atoms with E-state index >= 15 is 9.13 Å². The van der Waals surface area contributed by atoms with Gasteiger partial charge in [-0.1, -0.05) is 331 Å². The van der Waals surface area contributed by atoms with Gasteiger partial charge >= 0.3 is 0 Å². The lowest BCUT2D eigenvalue weighted by Gasteiger charge is -2.38. The fourth-order valence-corrected chi connectivity index (χ4v) is 22.8. The molecule has 88 heavy (non-hydrogen) atoms. The van der Waals surface area contributed by atoms with Crippen LogP contribution < -0.4 is 73.1 Å². The van der Waals surface area contributed by atoms with Crippen LogP contribution >= 0.6 is 30.1 Å². The van der Waals surface area contributed by atoms with Crippen molar-refractivity contribution in [3.8, 4) is 23.0 Å². The number of benzene rings is 12. The Morgan fingerprint density at radius 2 is 0.489 bits per heavy atom. The molecule has 6 nitrogen and oxygen atoms in total. The smallest absolute Gasteiger partial charge is 0.174 e. The van der Waals surface area contributed by atoms with Crippen molar-refractivity contribution in [2.24, 2.45) is 0 Å². The van der Waals surface area contributed by atoms with Gasteiger partial charge in [0.25, 0.3) is 0 Å². The van der Waals surface area contributed by atoms with Gasteiger partial charge in [0.1, 0.15) is 23.0 Å². The van der Waals surface area contributed by atoms with Gasteiger partial charge in [-0.15, -0.1) is 0 Å². The van der Waals surface area contributed by atoms with Gasteiger partial charge in [0.05, 0.1) is 10.6 Å². The molecule has 12 aromatic carbocycles. The minimum Gasteiger partial charge on any atom is -0.455 e. The van der Waals surface area contributed by atoms with Gasteiger partial charge in [-0.25, -0.2) is 0 Å². The summed E-state index contributed by atoms with van der Waals surface area (Å²) in [5.41, 5.74) is 3.63. The third-order valence-corrected chi connectivity index (χ3v) is 27.9. The van der Waals surface area contributed by atoms with Crippen LogP contribution in [-0.4, -0.2) is 10.5 Å². The summed E-state index contributed by atoms with van der Waals surface area (Å²) in [6.07, 6.45) is 0. The Balaban J connectivity index is 0.000000167. The van der Waals surface area contributed by atoms with E-state index in [4.69, 9.17) is 20.0 Å². The number of para-hydroxylation sites is 4. The highest BCUT2D eigenvalue weighted by atomic mass is 31.2. The highest BCUT2D eigenvalue weighted by Crippen LogP contribution is 2.57. The van der Waals surface area contributed by atoms with Gasteiger partial charge in [0.15, 0.2) is 14.3 Å². The first-order valence-corrected chi connectivity index (χ1v) is 35.4. The molecule has 2 heterocycles. The van der Waals surface area contributed by atoms with Crippen LogP contribution in [0.4, 0.5) is 0 Å². The molecule has 0 unspecified atom stereocenters. The molecule has 0 radical (unpaired) electrons. The van der Waals surface area contributed by atoms with Crippen LogP contribution in [0.3, 0.4) is 0 Å². The lowest BCUT2D eigenvalue weighted by molar-refractivity contribution is -0.176. The van der Waals surface area contributed by atoms with Gasteiger partial charge in [-0.2, -0.15) is 0 Å². The van der Waals surface area contributed by atoms with Crippen molar-refractivity contribution in [2.75, 3.05) is 0 Å². The van der Waals surface area contributed by atoms with Crippen molar-refractivity contribution in [2.45, 2.75) is 38.5 Å². The summed E-state index contributed by atoms with van der Waals surface area (Å²) in [6.45, 7) is 9.02. The fourth-order valence-electron chi connectivity index (χ4n) is 12.4. The average molecular weight is 1220 g/mol. The van der Waals surface area contributed by atoms with Crippen LogP contribution in [0.25, 0.3) is 0 Å². The van der Waals surface area contributed by atoms with Crippen LogP contribution in [0.2, 0.25) is 0 Å². The molecule has 12 aromatic rings. The Morgan fingerprint density at radius 1 is 0.273 bits per heavy atom. The highest BCUT2D eigenvalue weighted by Gasteiger charge is 2.45. The molecule has 0 saturated heterocycles. The molecule has 14 rings (SSSR count). The number of ether oxygens (including phenoxy) is 2. The number of hydrogen-bond donors (Lipinski definition) is 2. The second-order valence-corrected chi connectivity index (χ2v) is 32.5. The summed E-state index contributed by atoms with van der Waals surface area (Å²) >= 11 is 0. The van der Waals surface area contributed by atoms with E-state index in [1.165, 1.54) is 43.0 Å². The monoisotopic (exact) mass is 1220 g/mol. The van der Waals surface area contributed by atoms with Crippen molar-refractivity contribution in [3.05, 3.63) is 338 Å². The second kappa shape index (κ2) is 25.7. The summed E-state index contributed by atoms with van der Waals surface area (Å²) < 4.78 is 45.5. The third kappa shape index (κ3) is 10.9. The molecule has 0 bridgehead atoms. The molecule has 0 fully saturated rings. The summed E-state index contributed by atoms with van der Waals surface area (Å²) in [4.78, 5) is 0. The maximum Gasteiger partial charge on any atom is 0.174 e. The van der Waals surface area contributed by atoms with E-state index in [2.05, 4.69) is 198 Å². The van der Waals surface area contributed by atoms with Gasteiger partial charge in [0, 0.05) is 64.9 Å². The molecule has 0 amide bonds. The van der Waals surface area contributed by atoms with Crippen LogP contribution in [0, 0.1) is 0 Å². The normalized spacial score (nSPS) is 13.3. The van der Waals surface area contributed by atoms with E-state index in [1.807, 2.05) is 146 Å². The van der Waals surface area contributed by atoms with Gasteiger partial charge in [-0.05, 0) is 49.2 Å². The first-order chi connectivity index (χ1) is 43.0. The van der Waals surface area contributed by atoms with Crippen molar-refractivity contribution < 1.29 is 29.1 Å². The predicted molar refractivity (Wildman–Crippen MR) is 372 cm³/mol. The summed E-state index contributed by atoms with van der Waals surface area (Å²) in [7, 11) is -8.39. The first kappa shape index (κ1) is 59.8. The molecular formula is C78H66O6P4. The van der Waals surface area contributed by atoms with E-state index in [0.29, 0.717) is 22.1 Å². The SMILES string of the molecule is CC1(C)c2cccc(P(=O)(c3ccccc3)c3ccccc3)c2Oc2c1cccc2P(=O)(c1ccccc1)c1ccccc1.CC1(C)c2cccc(P(c3ccccc3)c3ccccc3)c2Oc2c(P(c3ccccc3)c3ccccc3)cccc21.OO. The summed E-state index contributed by atoms with van der Waals surface area (Å²) in [5.74, 6) is 3.16. The number of fused-ring (bicyclic) bond motifs is 4. The zero-order chi connectivity index (χ0) is 60.9. The van der Waals surface area contributed by atoms with E-state index in [0.717, 1.165) is 43.8 Å². The lowest BCUT2D eigenvalue weighted by Crippen LogP contribution is -2.34. The molecule has 0 atom stereocenters. The van der Waals surface area contributed by atoms with Gasteiger partial charge in [0.2, 0.25) is 0 Å². The minimum atomic E-state index is -3.37. The average Bonchev–Trinajstić information content (AvgIpc) is 0.929. The number of hydrogen-bond acceptors (Lipinski definition) is 6. The van der Waals surface area contributed by atoms with Crippen LogP contribution in [0.1, 0.15) is 49.9 Å². The molecule has 2 aliphatic rings. The Morgan fingerprint density at radius 3 is 0.750 bits per heavy atom. The van der Waals surface area contributed by atoms with E-state index in [9.17, 15) is 0 Å². The Labute approximate surface area is 519 Å². The van der Waals surface area contributed by atoms with E-state index in [1.54, 1.807) is 0 Å². The zero-order valence-corrected chi connectivity index (χ0v) is 52.9. The van der Waals surface area contributed by atoms with Crippen molar-refractivity contribution in [1.82, 2.24) is 0 Å². The Bertz CT molecular complexity index is 4010. The maximum atomic E-state index is 15.6. The number of rotatable bonds is 12. The zero-order valence-electron chi connectivity index (χ0n) is 49.3. The second-order valence-electron chi connectivity index (χ2n) is 22.6. The van der Waals surface area contributed by atoms with Crippen LogP contribution in [0.5, 0.6) is 23.0 Å². The molecule has 0 aliphatic carbocycles. The Hall–Kier alpha value is -8.52. The molecule has 2 N–H and O–H groups in total. The Kier molecular flexibility index (Phi) is 17.4. The molecule has 10 heteroatoms. The molecule has 0 saturated carbocycles. The van der Waals surface area contributed by atoms with Gasteiger partial charge in [-0.3, -0.25) is 10.5 Å². The van der Waals surface area contributed by atoms with E-state index < -0.39 is 35.5 Å². The standard InChI is InChI=1S/C39H32O3P2.C39H32OP2.H2O2/c1-39(2)33-25-15-27-35(43(40,29-17-7-3-8-18-29)30-19-9-4-10-20-30)37(33)42-38-34(39)26-16-28-36(38)44(41,31-21-11-5-12-22-31)32-23-13-6-14-24-32;1-39(2)33-25-15-27-35(41(29-17-7-3-8-18-29)30-19-9-4-10-20-30)37(33)40-38-34(39)26-16-28-36(38)42(31-21-11-5-12-22-31)32-23-13-6-14-24-32;1-2/h3-28H,1-2H3;3-28H,1-2H3;1-2H. The van der Waals surface area contributed by atoms with Crippen LogP contribution in [-0.2, 0) is 20.0 Å². The lowest BCUT2D eigenvalue weighted by atomic mass is 9.76. The van der Waals surface area contributed by atoms with Crippen LogP contribution in [0.15, 0.2) is 315 Å². The van der Waals surface area contributed by atoms with Gasteiger partial charge < -0.3 is 18.6 Å². The molecular weight excluding hydrogens is 1160 g/mol. The predicted octanol–water partition coefficient (Wildman–Crippen LogP) is 15.0. The molecule has 0 aromatic heterocycles. The minimum absolute atomic E-state index is 0.225. The molecule has 0 spiro atoms. The quantitative estimate of drug-likeness (QED) is 0.0719. The molecule has 2 aliphatic heterocycles. The molecule has 434 valence electrons. The summed E-state index contributed by atoms with van der Waals surface area (Å²) in [6, 6.07) is 108. The van der Waals surface area contributed by atoms with E-state index in [-0.39, 0.29) is 5.41 Å². The fraction of sp³-hybridized carbons (Fsp3) is 0.0769. The van der Waals surface area contributed by atoms with Crippen molar-refractivity contribution in [3.63, 3.8) is 0 Å². The topological polar surface area (TPSA) is 93.1 Å². The third-order valence-electron chi connectivity index (χ3n) is 16.8.